The molecule has 2 aromatic rings. The van der Waals surface area contributed by atoms with Gasteiger partial charge in [-0.05, 0) is 30.7 Å². The van der Waals surface area contributed by atoms with Crippen LogP contribution in [0.15, 0.2) is 48.5 Å². The molecular weight excluding hydrogens is 357 g/mol. The molecule has 1 atom stereocenters. The molecule has 2 amide bonds. The summed E-state index contributed by atoms with van der Waals surface area (Å²) in [5.74, 6) is -2.09. The van der Waals surface area contributed by atoms with Gasteiger partial charge in [-0.25, -0.2) is 0 Å². The van der Waals surface area contributed by atoms with Gasteiger partial charge in [0.1, 0.15) is 0 Å². The predicted molar refractivity (Wildman–Crippen MR) is 88.1 cm³/mol. The number of carbonyl (C=O) groups is 2. The van der Waals surface area contributed by atoms with Crippen molar-refractivity contribution in [2.75, 3.05) is 5.32 Å². The van der Waals surface area contributed by atoms with E-state index in [0.717, 1.165) is 17.7 Å². The van der Waals surface area contributed by atoms with Crippen molar-refractivity contribution in [2.45, 2.75) is 19.1 Å². The lowest BCUT2D eigenvalue weighted by Crippen LogP contribution is -2.37. The van der Waals surface area contributed by atoms with Gasteiger partial charge in [0.25, 0.3) is 0 Å². The lowest BCUT2D eigenvalue weighted by Gasteiger charge is -2.15. The van der Waals surface area contributed by atoms with E-state index in [1.54, 1.807) is 37.3 Å². The third-order valence-electron chi connectivity index (χ3n) is 3.40. The minimum atomic E-state index is -4.59. The Hall–Kier alpha value is -2.54. The van der Waals surface area contributed by atoms with Crippen molar-refractivity contribution in [3.63, 3.8) is 0 Å². The Bertz CT molecular complexity index is 779. The van der Waals surface area contributed by atoms with Crippen LogP contribution in [0.1, 0.15) is 24.1 Å². The highest BCUT2D eigenvalue weighted by molar-refractivity contribution is 6.41. The Morgan fingerprint density at radius 3 is 2.28 bits per heavy atom. The van der Waals surface area contributed by atoms with Gasteiger partial charge in [-0.15, -0.1) is 0 Å². The molecule has 0 saturated carbocycles. The first-order valence-corrected chi connectivity index (χ1v) is 7.60. The summed E-state index contributed by atoms with van der Waals surface area (Å²) in [6, 6.07) is 10.9. The van der Waals surface area contributed by atoms with Crippen molar-refractivity contribution < 1.29 is 22.8 Å². The molecule has 25 heavy (non-hydrogen) atoms. The van der Waals surface area contributed by atoms with Crippen LogP contribution < -0.4 is 10.6 Å². The number of alkyl halides is 3. The Morgan fingerprint density at radius 2 is 1.68 bits per heavy atom. The number of anilines is 1. The van der Waals surface area contributed by atoms with E-state index < -0.39 is 29.6 Å². The molecule has 0 aliphatic heterocycles. The van der Waals surface area contributed by atoms with Crippen molar-refractivity contribution in [2.24, 2.45) is 0 Å². The summed E-state index contributed by atoms with van der Waals surface area (Å²) in [5.41, 5.74) is -0.491. The number of hydrogen-bond donors (Lipinski definition) is 2. The van der Waals surface area contributed by atoms with Gasteiger partial charge in [0, 0.05) is 0 Å². The Balaban J connectivity index is 2.08. The van der Waals surface area contributed by atoms with Gasteiger partial charge in [-0.1, -0.05) is 41.9 Å². The molecule has 4 nitrogen and oxygen atoms in total. The second kappa shape index (κ2) is 7.57. The highest BCUT2D eigenvalue weighted by Gasteiger charge is 2.31. The summed E-state index contributed by atoms with van der Waals surface area (Å²) in [7, 11) is 0. The van der Waals surface area contributed by atoms with Crippen LogP contribution >= 0.6 is 11.6 Å². The first-order chi connectivity index (χ1) is 11.7. The first-order valence-electron chi connectivity index (χ1n) is 7.22. The number of halogens is 4. The quantitative estimate of drug-likeness (QED) is 0.796. The van der Waals surface area contributed by atoms with E-state index in [9.17, 15) is 22.8 Å². The maximum atomic E-state index is 12.7. The van der Waals surface area contributed by atoms with E-state index in [2.05, 4.69) is 10.6 Å². The number of amides is 2. The molecule has 0 aliphatic carbocycles. The number of hydrogen-bond acceptors (Lipinski definition) is 2. The second-order valence-electron chi connectivity index (χ2n) is 5.25. The zero-order chi connectivity index (χ0) is 18.6. The van der Waals surface area contributed by atoms with Crippen molar-refractivity contribution in [3.05, 3.63) is 64.7 Å². The fourth-order valence-electron chi connectivity index (χ4n) is 2.06. The van der Waals surface area contributed by atoms with Crippen LogP contribution in [0.2, 0.25) is 5.02 Å². The Labute approximate surface area is 147 Å². The minimum absolute atomic E-state index is 0.106. The fraction of sp³-hybridized carbons (Fsp3) is 0.176. The standard InChI is InChI=1S/C17H14ClF3N2O2/c1-10(11-5-3-2-4-6-11)22-15(24)16(25)23-14-9-12(17(19,20)21)7-8-13(14)18/h2-10H,1H3,(H,22,24)(H,23,25). The summed E-state index contributed by atoms with van der Waals surface area (Å²) in [6.45, 7) is 1.68. The van der Waals surface area contributed by atoms with Crippen molar-refractivity contribution >= 4 is 29.1 Å². The first kappa shape index (κ1) is 18.8. The predicted octanol–water partition coefficient (Wildman–Crippen LogP) is 4.17. The van der Waals surface area contributed by atoms with Crippen molar-refractivity contribution in [3.8, 4) is 0 Å². The topological polar surface area (TPSA) is 58.2 Å². The summed E-state index contributed by atoms with van der Waals surface area (Å²) in [6.07, 6.45) is -4.59. The number of carbonyl (C=O) groups excluding carboxylic acids is 2. The summed E-state index contributed by atoms with van der Waals surface area (Å²) in [5, 5.41) is 4.45. The number of nitrogens with one attached hydrogen (secondary N) is 2. The molecule has 2 N–H and O–H groups in total. The highest BCUT2D eigenvalue weighted by atomic mass is 35.5. The van der Waals surface area contributed by atoms with Crippen LogP contribution in [0.5, 0.6) is 0 Å². The molecule has 1 unspecified atom stereocenters. The SMILES string of the molecule is CC(NC(=O)C(=O)Nc1cc(C(F)(F)F)ccc1Cl)c1ccccc1. The third kappa shape index (κ3) is 4.96. The zero-order valence-corrected chi connectivity index (χ0v) is 13.8. The Morgan fingerprint density at radius 1 is 1.04 bits per heavy atom. The van der Waals surface area contributed by atoms with Crippen molar-refractivity contribution in [1.82, 2.24) is 5.32 Å². The number of rotatable bonds is 3. The smallest absolute Gasteiger partial charge is 0.341 e. The van der Waals surface area contributed by atoms with Gasteiger partial charge < -0.3 is 10.6 Å². The molecule has 132 valence electrons. The molecule has 0 fully saturated rings. The van der Waals surface area contributed by atoms with E-state index in [4.69, 9.17) is 11.6 Å². The minimum Gasteiger partial charge on any atom is -0.341 e. The van der Waals surface area contributed by atoms with Gasteiger partial charge in [-0.3, -0.25) is 9.59 Å². The van der Waals surface area contributed by atoms with Gasteiger partial charge in [0.2, 0.25) is 0 Å². The van der Waals surface area contributed by atoms with Crippen LogP contribution in [0.3, 0.4) is 0 Å². The summed E-state index contributed by atoms with van der Waals surface area (Å²) < 4.78 is 38.2. The lowest BCUT2D eigenvalue weighted by atomic mass is 10.1. The highest BCUT2D eigenvalue weighted by Crippen LogP contribution is 2.33. The third-order valence-corrected chi connectivity index (χ3v) is 3.72. The van der Waals surface area contributed by atoms with Crippen LogP contribution in [0, 0.1) is 0 Å². The lowest BCUT2D eigenvalue weighted by molar-refractivity contribution is -0.137. The fourth-order valence-corrected chi connectivity index (χ4v) is 2.23. The Kier molecular flexibility index (Phi) is 5.69. The molecule has 0 spiro atoms. The summed E-state index contributed by atoms with van der Waals surface area (Å²) >= 11 is 5.78. The van der Waals surface area contributed by atoms with E-state index in [-0.39, 0.29) is 10.7 Å². The van der Waals surface area contributed by atoms with Crippen LogP contribution in [-0.2, 0) is 15.8 Å². The van der Waals surface area contributed by atoms with Gasteiger partial charge >= 0.3 is 18.0 Å². The molecule has 0 heterocycles. The molecule has 2 rings (SSSR count). The molecule has 0 radical (unpaired) electrons. The van der Waals surface area contributed by atoms with Gasteiger partial charge in [-0.2, -0.15) is 13.2 Å². The van der Waals surface area contributed by atoms with E-state index in [0.29, 0.717) is 6.07 Å². The molecule has 0 aromatic heterocycles. The molecule has 2 aromatic carbocycles. The zero-order valence-electron chi connectivity index (χ0n) is 13.0. The molecule has 8 heteroatoms. The largest absolute Gasteiger partial charge is 0.416 e. The van der Waals surface area contributed by atoms with Crippen LogP contribution in [-0.4, -0.2) is 11.8 Å². The van der Waals surface area contributed by atoms with Crippen molar-refractivity contribution in [1.29, 1.82) is 0 Å². The average Bonchev–Trinajstić information content (AvgIpc) is 2.56. The molecule has 0 bridgehead atoms. The van der Waals surface area contributed by atoms with E-state index >= 15 is 0 Å². The van der Waals surface area contributed by atoms with Crippen LogP contribution in [0.25, 0.3) is 0 Å². The van der Waals surface area contributed by atoms with Crippen LogP contribution in [0.4, 0.5) is 18.9 Å². The maximum Gasteiger partial charge on any atom is 0.416 e. The van der Waals surface area contributed by atoms with E-state index in [1.165, 1.54) is 0 Å². The monoisotopic (exact) mass is 370 g/mol. The summed E-state index contributed by atoms with van der Waals surface area (Å²) in [4.78, 5) is 23.9. The molecule has 0 saturated heterocycles. The van der Waals surface area contributed by atoms with Gasteiger partial charge in [0.05, 0.1) is 22.3 Å². The van der Waals surface area contributed by atoms with E-state index in [1.807, 2.05) is 0 Å². The van der Waals surface area contributed by atoms with Gasteiger partial charge in [0.15, 0.2) is 0 Å². The number of benzene rings is 2. The normalized spacial score (nSPS) is 12.4. The maximum absolute atomic E-state index is 12.7. The average molecular weight is 371 g/mol. The molecular formula is C17H14ClF3N2O2. The molecule has 0 aliphatic rings. The second-order valence-corrected chi connectivity index (χ2v) is 5.66.